The molecule has 2 aliphatic heterocycles. The Morgan fingerprint density at radius 1 is 1.17 bits per heavy atom. The quantitative estimate of drug-likeness (QED) is 0.882. The van der Waals surface area contributed by atoms with Crippen LogP contribution in [0.2, 0.25) is 0 Å². The lowest BCUT2D eigenvalue weighted by molar-refractivity contribution is -0.175. The van der Waals surface area contributed by atoms with Crippen molar-refractivity contribution in [2.75, 3.05) is 19.7 Å². The Kier molecular flexibility index (Phi) is 4.95. The van der Waals surface area contributed by atoms with Crippen LogP contribution in [-0.4, -0.2) is 51.9 Å². The van der Waals surface area contributed by atoms with Crippen LogP contribution in [0.15, 0.2) is 24.3 Å². The van der Waals surface area contributed by atoms with Crippen LogP contribution < -0.4 is 0 Å². The molecule has 24 heavy (non-hydrogen) atoms. The topological polar surface area (TPSA) is 70.0 Å². The van der Waals surface area contributed by atoms with Crippen LogP contribution in [0.5, 0.6) is 0 Å². The molecular weight excluding hydrogens is 306 g/mol. The zero-order chi connectivity index (χ0) is 17.2. The van der Waals surface area contributed by atoms with E-state index in [9.17, 15) is 9.90 Å². The number of hydrogen-bond acceptors (Lipinski definition) is 4. The molecule has 2 N–H and O–H groups in total. The molecule has 1 aromatic rings. The highest BCUT2D eigenvalue weighted by atomic mass is 16.5. The van der Waals surface area contributed by atoms with Gasteiger partial charge in [0.15, 0.2) is 0 Å². The first-order valence-electron chi connectivity index (χ1n) is 8.74. The summed E-state index contributed by atoms with van der Waals surface area (Å²) in [6.07, 6.45) is 3.31. The minimum atomic E-state index is -0.654. The maximum atomic E-state index is 12.5. The normalized spacial score (nSPS) is 26.5. The van der Waals surface area contributed by atoms with Crippen molar-refractivity contribution < 1.29 is 19.7 Å². The Balaban J connectivity index is 1.55. The Hall–Kier alpha value is -1.43. The molecule has 0 radical (unpaired) electrons. The summed E-state index contributed by atoms with van der Waals surface area (Å²) in [7, 11) is 0. The third-order valence-corrected chi connectivity index (χ3v) is 5.34. The minimum Gasteiger partial charge on any atom is -0.392 e. The van der Waals surface area contributed by atoms with Gasteiger partial charge in [0.1, 0.15) is 0 Å². The molecule has 1 aromatic carbocycles. The highest BCUT2D eigenvalue weighted by molar-refractivity contribution is 5.78. The smallest absolute Gasteiger partial charge is 0.226 e. The Bertz CT molecular complexity index is 574. The van der Waals surface area contributed by atoms with Gasteiger partial charge in [0.05, 0.1) is 30.8 Å². The molecule has 2 fully saturated rings. The molecule has 1 atom stereocenters. The van der Waals surface area contributed by atoms with E-state index in [4.69, 9.17) is 9.84 Å². The number of ether oxygens (including phenoxy) is 1. The summed E-state index contributed by atoms with van der Waals surface area (Å²) >= 11 is 0. The van der Waals surface area contributed by atoms with E-state index in [0.717, 1.165) is 24.0 Å². The molecule has 1 spiro atoms. The van der Waals surface area contributed by atoms with Gasteiger partial charge >= 0.3 is 0 Å². The van der Waals surface area contributed by atoms with Gasteiger partial charge in [-0.2, -0.15) is 0 Å². The van der Waals surface area contributed by atoms with Crippen molar-refractivity contribution in [3.63, 3.8) is 0 Å². The number of benzene rings is 1. The fourth-order valence-electron chi connectivity index (χ4n) is 3.85. The van der Waals surface area contributed by atoms with E-state index in [1.165, 1.54) is 0 Å². The van der Waals surface area contributed by atoms with E-state index in [0.29, 0.717) is 39.0 Å². The van der Waals surface area contributed by atoms with Gasteiger partial charge in [-0.15, -0.1) is 0 Å². The van der Waals surface area contributed by atoms with Crippen molar-refractivity contribution in [2.24, 2.45) is 0 Å². The predicted octanol–water partition coefficient (Wildman–Crippen LogP) is 1.64. The molecular formula is C19H27NO4. The third kappa shape index (κ3) is 3.97. The zero-order valence-electron chi connectivity index (χ0n) is 14.3. The second-order valence-corrected chi connectivity index (χ2v) is 7.49. The molecule has 132 valence electrons. The van der Waals surface area contributed by atoms with Crippen LogP contribution in [0.25, 0.3) is 0 Å². The largest absolute Gasteiger partial charge is 0.392 e. The molecule has 1 amide bonds. The highest BCUT2D eigenvalue weighted by Gasteiger charge is 2.44. The fourth-order valence-corrected chi connectivity index (χ4v) is 3.85. The monoisotopic (exact) mass is 333 g/mol. The lowest BCUT2D eigenvalue weighted by Gasteiger charge is -2.48. The van der Waals surface area contributed by atoms with Crippen molar-refractivity contribution in [2.45, 2.75) is 56.8 Å². The Morgan fingerprint density at radius 2 is 1.79 bits per heavy atom. The highest BCUT2D eigenvalue weighted by Crippen LogP contribution is 2.39. The number of nitrogens with zero attached hydrogens (tertiary/aromatic N) is 1. The van der Waals surface area contributed by atoms with E-state index in [1.54, 1.807) is 0 Å². The van der Waals surface area contributed by atoms with Crippen LogP contribution in [0.3, 0.4) is 0 Å². The first-order chi connectivity index (χ1) is 11.4. The molecule has 0 bridgehead atoms. The van der Waals surface area contributed by atoms with Crippen LogP contribution in [0.1, 0.15) is 43.7 Å². The minimum absolute atomic E-state index is 0.0201. The summed E-state index contributed by atoms with van der Waals surface area (Å²) in [5.74, 6) is 0.129. The molecule has 2 heterocycles. The first-order valence-corrected chi connectivity index (χ1v) is 8.74. The lowest BCUT2D eigenvalue weighted by Crippen LogP contribution is -2.54. The van der Waals surface area contributed by atoms with Crippen molar-refractivity contribution in [3.05, 3.63) is 35.4 Å². The van der Waals surface area contributed by atoms with Crippen molar-refractivity contribution in [1.29, 1.82) is 0 Å². The Labute approximate surface area is 143 Å². The number of carbonyl (C=O) groups is 1. The maximum absolute atomic E-state index is 12.5. The summed E-state index contributed by atoms with van der Waals surface area (Å²) in [4.78, 5) is 14.4. The summed E-state index contributed by atoms with van der Waals surface area (Å²) in [5, 5.41) is 19.4. The van der Waals surface area contributed by atoms with Gasteiger partial charge in [0, 0.05) is 19.5 Å². The number of aliphatic hydroxyl groups excluding tert-OH is 1. The summed E-state index contributed by atoms with van der Waals surface area (Å²) < 4.78 is 5.99. The zero-order valence-corrected chi connectivity index (χ0v) is 14.3. The first kappa shape index (κ1) is 17.4. The van der Waals surface area contributed by atoms with Gasteiger partial charge in [-0.25, -0.2) is 0 Å². The number of amides is 1. The molecule has 2 saturated heterocycles. The van der Waals surface area contributed by atoms with Crippen LogP contribution >= 0.6 is 0 Å². The molecule has 3 rings (SSSR count). The van der Waals surface area contributed by atoms with E-state index in [2.05, 4.69) is 0 Å². The number of piperidine rings is 1. The van der Waals surface area contributed by atoms with E-state index >= 15 is 0 Å². The van der Waals surface area contributed by atoms with Gasteiger partial charge in [0.2, 0.25) is 5.91 Å². The number of aliphatic hydroxyl groups is 2. The molecule has 0 aliphatic carbocycles. The van der Waals surface area contributed by atoms with Gasteiger partial charge in [-0.1, -0.05) is 24.3 Å². The molecule has 2 aliphatic rings. The summed E-state index contributed by atoms with van der Waals surface area (Å²) in [5.41, 5.74) is 0.905. The number of carbonyl (C=O) groups excluding carboxylic acids is 1. The van der Waals surface area contributed by atoms with Gasteiger partial charge in [-0.3, -0.25) is 4.79 Å². The van der Waals surface area contributed by atoms with E-state index in [1.807, 2.05) is 36.1 Å². The van der Waals surface area contributed by atoms with Crippen molar-refractivity contribution in [3.8, 4) is 0 Å². The molecule has 0 aromatic heterocycles. The number of hydrogen-bond donors (Lipinski definition) is 2. The van der Waals surface area contributed by atoms with Gasteiger partial charge < -0.3 is 19.8 Å². The predicted molar refractivity (Wildman–Crippen MR) is 90.4 cm³/mol. The average Bonchev–Trinajstić information content (AvgIpc) is 2.55. The Morgan fingerprint density at radius 3 is 2.38 bits per heavy atom. The van der Waals surface area contributed by atoms with Crippen LogP contribution in [-0.2, 0) is 22.6 Å². The number of rotatable bonds is 3. The van der Waals surface area contributed by atoms with Crippen LogP contribution in [0, 0.1) is 0 Å². The van der Waals surface area contributed by atoms with E-state index in [-0.39, 0.29) is 18.1 Å². The maximum Gasteiger partial charge on any atom is 0.226 e. The third-order valence-electron chi connectivity index (χ3n) is 5.34. The fraction of sp³-hybridized carbons (Fsp3) is 0.632. The SMILES string of the molecule is CC1(O)CCOC2(CCN(C(=O)Cc3ccc(CO)cc3)CC2)C1. The second kappa shape index (κ2) is 6.82. The molecule has 5 heteroatoms. The van der Waals surface area contributed by atoms with E-state index < -0.39 is 5.60 Å². The van der Waals surface area contributed by atoms with Crippen LogP contribution in [0.4, 0.5) is 0 Å². The molecule has 0 saturated carbocycles. The standard InChI is InChI=1S/C19H27NO4/c1-18(23)8-11-24-19(14-18)6-9-20(10-7-19)17(22)12-15-2-4-16(13-21)5-3-15/h2-5,21,23H,6-14H2,1H3. The molecule has 1 unspecified atom stereocenters. The number of likely N-dealkylation sites (tertiary alicyclic amines) is 1. The average molecular weight is 333 g/mol. The van der Waals surface area contributed by atoms with Gasteiger partial charge in [-0.05, 0) is 37.3 Å². The lowest BCUT2D eigenvalue weighted by atomic mass is 9.78. The summed E-state index contributed by atoms with van der Waals surface area (Å²) in [6.45, 7) is 3.86. The van der Waals surface area contributed by atoms with Gasteiger partial charge in [0.25, 0.3) is 0 Å². The summed E-state index contributed by atoms with van der Waals surface area (Å²) in [6, 6.07) is 7.50. The molecule has 5 nitrogen and oxygen atoms in total. The van der Waals surface area contributed by atoms with Crippen molar-refractivity contribution >= 4 is 5.91 Å². The second-order valence-electron chi connectivity index (χ2n) is 7.49. The van der Waals surface area contributed by atoms with Crippen molar-refractivity contribution in [1.82, 2.24) is 4.90 Å².